The van der Waals surface area contributed by atoms with Gasteiger partial charge in [-0.15, -0.1) is 0 Å². The zero-order chi connectivity index (χ0) is 20.7. The standard InChI is InChI=1S/C22H32N2O4S/c1-21(2)18-8-9-22(21,20(25)14-18)16-29(26,27)23-15-19(17-6-4-3-5-7-17)24-10-12-28-13-11-24/h3-7,18-19,23H,8-16H2,1-2H3. The van der Waals surface area contributed by atoms with Gasteiger partial charge in [0, 0.05) is 37.5 Å². The number of nitrogens with one attached hydrogen (secondary N) is 1. The first-order valence-electron chi connectivity index (χ1n) is 10.6. The Labute approximate surface area is 174 Å². The summed E-state index contributed by atoms with van der Waals surface area (Å²) < 4.78 is 34.6. The number of hydrogen-bond acceptors (Lipinski definition) is 5. The Morgan fingerprint density at radius 2 is 1.90 bits per heavy atom. The molecule has 1 aromatic rings. The Morgan fingerprint density at radius 3 is 2.48 bits per heavy atom. The maximum Gasteiger partial charge on any atom is 0.212 e. The van der Waals surface area contributed by atoms with E-state index in [1.54, 1.807) is 0 Å². The summed E-state index contributed by atoms with van der Waals surface area (Å²) in [5.74, 6) is 0.361. The van der Waals surface area contributed by atoms with Crippen LogP contribution < -0.4 is 4.72 Å². The van der Waals surface area contributed by atoms with E-state index in [0.717, 1.165) is 25.1 Å². The van der Waals surface area contributed by atoms with Crippen LogP contribution in [0.3, 0.4) is 0 Å². The second kappa shape index (κ2) is 7.76. The second-order valence-electron chi connectivity index (χ2n) is 9.35. The van der Waals surface area contributed by atoms with Gasteiger partial charge in [-0.3, -0.25) is 9.69 Å². The maximum absolute atomic E-state index is 13.1. The highest BCUT2D eigenvalue weighted by molar-refractivity contribution is 7.89. The van der Waals surface area contributed by atoms with Gasteiger partial charge in [-0.1, -0.05) is 44.2 Å². The monoisotopic (exact) mass is 420 g/mol. The van der Waals surface area contributed by atoms with E-state index in [4.69, 9.17) is 4.74 Å². The van der Waals surface area contributed by atoms with Crippen LogP contribution in [-0.2, 0) is 19.6 Å². The van der Waals surface area contributed by atoms with Crippen molar-refractivity contribution in [1.82, 2.24) is 9.62 Å². The van der Waals surface area contributed by atoms with E-state index in [0.29, 0.717) is 38.5 Å². The molecule has 0 spiro atoms. The van der Waals surface area contributed by atoms with Crippen LogP contribution in [0.25, 0.3) is 0 Å². The minimum absolute atomic E-state index is 0.0454. The molecule has 29 heavy (non-hydrogen) atoms. The number of carbonyl (C=O) groups excluding carboxylic acids is 1. The molecule has 3 fully saturated rings. The summed E-state index contributed by atoms with van der Waals surface area (Å²) in [5, 5.41) is 0. The van der Waals surface area contributed by atoms with Crippen LogP contribution in [0.5, 0.6) is 0 Å². The molecule has 1 saturated heterocycles. The molecule has 0 amide bonds. The first-order chi connectivity index (χ1) is 13.8. The molecule has 7 heteroatoms. The molecular formula is C22H32N2O4S. The van der Waals surface area contributed by atoms with Crippen LogP contribution in [-0.4, -0.2) is 57.7 Å². The van der Waals surface area contributed by atoms with Gasteiger partial charge in [-0.25, -0.2) is 13.1 Å². The van der Waals surface area contributed by atoms with Gasteiger partial charge in [0.15, 0.2) is 0 Å². The van der Waals surface area contributed by atoms with Crippen molar-refractivity contribution in [3.05, 3.63) is 35.9 Å². The zero-order valence-electron chi connectivity index (χ0n) is 17.4. The molecular weight excluding hydrogens is 388 g/mol. The quantitative estimate of drug-likeness (QED) is 0.733. The highest BCUT2D eigenvalue weighted by atomic mass is 32.2. The molecule has 1 heterocycles. The lowest BCUT2D eigenvalue weighted by Crippen LogP contribution is -2.48. The van der Waals surface area contributed by atoms with Gasteiger partial charge >= 0.3 is 0 Å². The molecule has 2 aliphatic carbocycles. The van der Waals surface area contributed by atoms with Crippen molar-refractivity contribution < 1.29 is 17.9 Å². The Morgan fingerprint density at radius 1 is 1.21 bits per heavy atom. The molecule has 4 rings (SSSR count). The van der Waals surface area contributed by atoms with Gasteiger partial charge in [0.2, 0.25) is 10.0 Å². The molecule has 2 bridgehead atoms. The Kier molecular flexibility index (Phi) is 5.61. The van der Waals surface area contributed by atoms with Gasteiger partial charge in [-0.05, 0) is 29.7 Å². The van der Waals surface area contributed by atoms with Crippen molar-refractivity contribution in [2.45, 2.75) is 39.2 Å². The summed E-state index contributed by atoms with van der Waals surface area (Å²) in [6.07, 6.45) is 2.17. The van der Waals surface area contributed by atoms with E-state index in [-0.39, 0.29) is 23.0 Å². The third kappa shape index (κ3) is 3.78. The number of sulfonamides is 1. The van der Waals surface area contributed by atoms with Crippen LogP contribution in [0.4, 0.5) is 0 Å². The number of hydrogen-bond donors (Lipinski definition) is 1. The lowest BCUT2D eigenvalue weighted by atomic mass is 9.70. The maximum atomic E-state index is 13.1. The first kappa shape index (κ1) is 21.0. The van der Waals surface area contributed by atoms with Crippen molar-refractivity contribution >= 4 is 15.8 Å². The average molecular weight is 421 g/mol. The third-order valence-corrected chi connectivity index (χ3v) is 9.22. The van der Waals surface area contributed by atoms with E-state index >= 15 is 0 Å². The van der Waals surface area contributed by atoms with Crippen LogP contribution in [0.1, 0.15) is 44.7 Å². The van der Waals surface area contributed by atoms with Gasteiger partial charge in [0.05, 0.1) is 19.0 Å². The van der Waals surface area contributed by atoms with Crippen molar-refractivity contribution in [3.8, 4) is 0 Å². The van der Waals surface area contributed by atoms with E-state index < -0.39 is 15.4 Å². The number of carbonyl (C=O) groups is 1. The Bertz CT molecular complexity index is 849. The highest BCUT2D eigenvalue weighted by Gasteiger charge is 2.65. The number of Topliss-reactive ketones (excluding diaryl/α,β-unsaturated/α-hetero) is 1. The van der Waals surface area contributed by atoms with Crippen molar-refractivity contribution in [1.29, 1.82) is 0 Å². The summed E-state index contributed by atoms with van der Waals surface area (Å²) in [5.41, 5.74) is 0.112. The van der Waals surface area contributed by atoms with Crippen LogP contribution in [0.2, 0.25) is 0 Å². The normalized spacial score (nSPS) is 30.6. The molecule has 0 aromatic heterocycles. The van der Waals surface area contributed by atoms with E-state index in [9.17, 15) is 13.2 Å². The molecule has 3 aliphatic rings. The number of fused-ring (bicyclic) bond motifs is 2. The molecule has 0 radical (unpaired) electrons. The predicted molar refractivity (Wildman–Crippen MR) is 112 cm³/mol. The molecule has 160 valence electrons. The van der Waals surface area contributed by atoms with Gasteiger partial charge in [0.1, 0.15) is 5.78 Å². The molecule has 1 aliphatic heterocycles. The van der Waals surface area contributed by atoms with Crippen LogP contribution >= 0.6 is 0 Å². The fourth-order valence-corrected chi connectivity index (χ4v) is 7.55. The van der Waals surface area contributed by atoms with Crippen LogP contribution in [0, 0.1) is 16.7 Å². The topological polar surface area (TPSA) is 75.7 Å². The minimum atomic E-state index is -3.58. The summed E-state index contributed by atoms with van der Waals surface area (Å²) in [4.78, 5) is 15.0. The van der Waals surface area contributed by atoms with E-state index in [2.05, 4.69) is 23.5 Å². The second-order valence-corrected chi connectivity index (χ2v) is 11.2. The molecule has 2 saturated carbocycles. The number of ketones is 1. The summed E-state index contributed by atoms with van der Waals surface area (Å²) in [6.45, 7) is 7.32. The number of nitrogens with zero attached hydrogens (tertiary/aromatic N) is 1. The smallest absolute Gasteiger partial charge is 0.212 e. The lowest BCUT2D eigenvalue weighted by Gasteiger charge is -2.37. The molecule has 3 unspecified atom stereocenters. The molecule has 3 atom stereocenters. The fourth-order valence-electron chi connectivity index (χ4n) is 5.71. The zero-order valence-corrected chi connectivity index (χ0v) is 18.2. The Balaban J connectivity index is 1.50. The van der Waals surface area contributed by atoms with Crippen molar-refractivity contribution in [2.24, 2.45) is 16.7 Å². The average Bonchev–Trinajstić information content (AvgIpc) is 3.04. The minimum Gasteiger partial charge on any atom is -0.379 e. The largest absolute Gasteiger partial charge is 0.379 e. The summed E-state index contributed by atoms with van der Waals surface area (Å²) in [6, 6.07) is 9.96. The number of ether oxygens (including phenoxy) is 1. The van der Waals surface area contributed by atoms with Crippen molar-refractivity contribution in [3.63, 3.8) is 0 Å². The van der Waals surface area contributed by atoms with E-state index in [1.165, 1.54) is 0 Å². The molecule has 6 nitrogen and oxygen atoms in total. The number of morpholine rings is 1. The third-order valence-electron chi connectivity index (χ3n) is 7.74. The van der Waals surface area contributed by atoms with Crippen molar-refractivity contribution in [2.75, 3.05) is 38.6 Å². The van der Waals surface area contributed by atoms with Gasteiger partial charge in [-0.2, -0.15) is 0 Å². The Hall–Kier alpha value is -1.28. The highest BCUT2D eigenvalue weighted by Crippen LogP contribution is 2.64. The molecule has 1 N–H and O–H groups in total. The van der Waals surface area contributed by atoms with Gasteiger partial charge < -0.3 is 4.74 Å². The van der Waals surface area contributed by atoms with E-state index in [1.807, 2.05) is 30.3 Å². The SMILES string of the molecule is CC1(C)C2CCC1(CS(=O)(=O)NCC(c1ccccc1)N1CCOCC1)C(=O)C2. The molecule has 1 aromatic carbocycles. The summed E-state index contributed by atoms with van der Waals surface area (Å²) in [7, 11) is -3.58. The number of rotatable bonds is 7. The number of benzene rings is 1. The fraction of sp³-hybridized carbons (Fsp3) is 0.682. The first-order valence-corrected chi connectivity index (χ1v) is 12.3. The lowest BCUT2D eigenvalue weighted by molar-refractivity contribution is -0.128. The van der Waals surface area contributed by atoms with Gasteiger partial charge in [0.25, 0.3) is 0 Å². The van der Waals surface area contributed by atoms with Crippen LogP contribution in [0.15, 0.2) is 30.3 Å². The predicted octanol–water partition coefficient (Wildman–Crippen LogP) is 2.37. The summed E-state index contributed by atoms with van der Waals surface area (Å²) >= 11 is 0.